The first-order valence-corrected chi connectivity index (χ1v) is 11.8. The molecule has 0 spiro atoms. The molecule has 1 atom stereocenters. The van der Waals surface area contributed by atoms with Crippen molar-refractivity contribution in [1.82, 2.24) is 4.90 Å². The lowest BCUT2D eigenvalue weighted by molar-refractivity contribution is 0.201. The molecule has 1 fully saturated rings. The third kappa shape index (κ3) is 5.63. The minimum atomic E-state index is -0.113. The molecule has 2 N–H and O–H groups in total. The molecular formula is C26H24Cl2N4O3. The van der Waals surface area contributed by atoms with Crippen LogP contribution in [-0.2, 0) is 0 Å². The minimum absolute atomic E-state index is 0.0754. The molecule has 7 nitrogen and oxygen atoms in total. The van der Waals surface area contributed by atoms with Gasteiger partial charge in [0, 0.05) is 36.3 Å². The molecule has 0 amide bonds. The number of rotatable bonds is 6. The van der Waals surface area contributed by atoms with E-state index in [1.807, 2.05) is 41.3 Å². The minimum Gasteiger partial charge on any atom is -0.491 e. The van der Waals surface area contributed by atoms with E-state index in [-0.39, 0.29) is 19.3 Å². The van der Waals surface area contributed by atoms with Crippen LogP contribution in [0.25, 0.3) is 0 Å². The van der Waals surface area contributed by atoms with Gasteiger partial charge in [-0.3, -0.25) is 0 Å². The van der Waals surface area contributed by atoms with Crippen molar-refractivity contribution < 1.29 is 15.1 Å². The molecule has 0 radical (unpaired) electrons. The van der Waals surface area contributed by atoms with E-state index in [0.29, 0.717) is 46.8 Å². The number of anilines is 1. The maximum Gasteiger partial charge on any atom is 0.175 e. The highest BCUT2D eigenvalue weighted by Gasteiger charge is 2.32. The maximum atomic E-state index is 9.88. The van der Waals surface area contributed by atoms with E-state index in [9.17, 15) is 5.21 Å². The third-order valence-corrected chi connectivity index (χ3v) is 6.44. The first kappa shape index (κ1) is 24.7. The number of benzene rings is 3. The molecule has 1 heterocycles. The quantitative estimate of drug-likeness (QED) is 0.211. The van der Waals surface area contributed by atoms with Crippen LogP contribution < -0.4 is 9.64 Å². The Morgan fingerprint density at radius 1 is 1.06 bits per heavy atom. The lowest BCUT2D eigenvalue weighted by Crippen LogP contribution is -2.51. The molecule has 1 aliphatic heterocycles. The zero-order valence-corrected chi connectivity index (χ0v) is 20.3. The Kier molecular flexibility index (Phi) is 7.98. The molecule has 0 aliphatic carbocycles. The second kappa shape index (κ2) is 11.3. The summed E-state index contributed by atoms with van der Waals surface area (Å²) in [4.78, 5) is 4.23. The number of nitriles is 1. The molecule has 0 bridgehead atoms. The van der Waals surface area contributed by atoms with Crippen molar-refractivity contribution in [2.24, 2.45) is 5.16 Å². The molecule has 1 aliphatic rings. The monoisotopic (exact) mass is 510 g/mol. The molecule has 9 heteroatoms. The van der Waals surface area contributed by atoms with Crippen LogP contribution in [0, 0.1) is 11.3 Å². The predicted octanol–water partition coefficient (Wildman–Crippen LogP) is 4.94. The van der Waals surface area contributed by atoms with Gasteiger partial charge >= 0.3 is 0 Å². The number of halogens is 2. The van der Waals surface area contributed by atoms with E-state index in [1.165, 1.54) is 0 Å². The topological polar surface area (TPSA) is 92.3 Å². The van der Waals surface area contributed by atoms with Gasteiger partial charge in [-0.25, -0.2) is 0 Å². The maximum absolute atomic E-state index is 9.88. The summed E-state index contributed by atoms with van der Waals surface area (Å²) in [5.74, 6) is 1.02. The Hall–Kier alpha value is -3.44. The molecule has 180 valence electrons. The average Bonchev–Trinajstić information content (AvgIpc) is 2.89. The summed E-state index contributed by atoms with van der Waals surface area (Å²) < 4.78 is 5.49. The Labute approximate surface area is 214 Å². The lowest BCUT2D eigenvalue weighted by Gasteiger charge is -2.44. The van der Waals surface area contributed by atoms with Crippen LogP contribution in [0.1, 0.15) is 22.7 Å². The molecule has 4 rings (SSSR count). The van der Waals surface area contributed by atoms with Crippen molar-refractivity contribution in [3.63, 3.8) is 0 Å². The first-order valence-electron chi connectivity index (χ1n) is 11.1. The van der Waals surface area contributed by atoms with Gasteiger partial charge in [0.25, 0.3) is 0 Å². The van der Waals surface area contributed by atoms with E-state index in [1.54, 1.807) is 30.3 Å². The van der Waals surface area contributed by atoms with E-state index in [0.717, 1.165) is 16.8 Å². The van der Waals surface area contributed by atoms with E-state index in [2.05, 4.69) is 16.1 Å². The number of ether oxygens (including phenoxy) is 1. The average molecular weight is 511 g/mol. The highest BCUT2D eigenvalue weighted by molar-refractivity contribution is 6.33. The number of oxime groups is 1. The molecule has 0 saturated carbocycles. The summed E-state index contributed by atoms with van der Waals surface area (Å²) in [6, 6.07) is 22.1. The Balaban J connectivity index is 1.65. The Morgan fingerprint density at radius 2 is 1.80 bits per heavy atom. The number of nitrogens with zero attached hydrogens (tertiary/aromatic N) is 4. The Morgan fingerprint density at radius 3 is 2.43 bits per heavy atom. The van der Waals surface area contributed by atoms with Gasteiger partial charge in [-0.1, -0.05) is 40.5 Å². The van der Waals surface area contributed by atoms with Crippen LogP contribution in [0.4, 0.5) is 5.69 Å². The predicted molar refractivity (Wildman–Crippen MR) is 137 cm³/mol. The number of piperazine rings is 1. The van der Waals surface area contributed by atoms with Crippen LogP contribution >= 0.6 is 23.2 Å². The van der Waals surface area contributed by atoms with Gasteiger partial charge in [0.2, 0.25) is 0 Å². The lowest BCUT2D eigenvalue weighted by atomic mass is 10.00. The van der Waals surface area contributed by atoms with Crippen molar-refractivity contribution in [2.75, 3.05) is 37.7 Å². The fourth-order valence-electron chi connectivity index (χ4n) is 4.21. The van der Waals surface area contributed by atoms with E-state index >= 15 is 0 Å². The van der Waals surface area contributed by atoms with Gasteiger partial charge in [-0.2, -0.15) is 5.26 Å². The molecule has 35 heavy (non-hydrogen) atoms. The van der Waals surface area contributed by atoms with E-state index in [4.69, 9.17) is 38.3 Å². The van der Waals surface area contributed by atoms with Gasteiger partial charge in [0.05, 0.1) is 35.0 Å². The van der Waals surface area contributed by atoms with Crippen molar-refractivity contribution in [1.29, 1.82) is 5.26 Å². The molecule has 0 aromatic heterocycles. The van der Waals surface area contributed by atoms with Crippen molar-refractivity contribution >= 4 is 34.7 Å². The number of hydrogen-bond acceptors (Lipinski definition) is 6. The van der Waals surface area contributed by atoms with Crippen LogP contribution in [0.5, 0.6) is 5.75 Å². The van der Waals surface area contributed by atoms with Crippen molar-refractivity contribution in [3.05, 3.63) is 93.5 Å². The van der Waals surface area contributed by atoms with Gasteiger partial charge in [0.15, 0.2) is 5.84 Å². The van der Waals surface area contributed by atoms with Gasteiger partial charge in [0.1, 0.15) is 12.4 Å². The summed E-state index contributed by atoms with van der Waals surface area (Å²) in [7, 11) is 0. The van der Waals surface area contributed by atoms with Crippen molar-refractivity contribution in [3.8, 4) is 11.8 Å². The zero-order valence-electron chi connectivity index (χ0n) is 18.8. The highest BCUT2D eigenvalue weighted by Crippen LogP contribution is 2.37. The highest BCUT2D eigenvalue weighted by atomic mass is 35.5. The smallest absolute Gasteiger partial charge is 0.175 e. The van der Waals surface area contributed by atoms with Gasteiger partial charge in [-0.15, -0.1) is 0 Å². The second-order valence-electron chi connectivity index (χ2n) is 8.00. The molecule has 3 aromatic carbocycles. The first-order chi connectivity index (χ1) is 17.0. The normalized spacial score (nSPS) is 16.2. The summed E-state index contributed by atoms with van der Waals surface area (Å²) in [5.41, 5.74) is 3.14. The Bertz CT molecular complexity index is 1230. The molecule has 3 aromatic rings. The number of aliphatic hydroxyl groups excluding tert-OH is 1. The van der Waals surface area contributed by atoms with Gasteiger partial charge in [-0.05, 0) is 54.1 Å². The van der Waals surface area contributed by atoms with E-state index < -0.39 is 0 Å². The number of hydrogen-bond donors (Lipinski definition) is 2. The summed E-state index contributed by atoms with van der Waals surface area (Å²) in [5, 5.41) is 32.8. The second-order valence-corrected chi connectivity index (χ2v) is 8.85. The molecule has 1 saturated heterocycles. The SMILES string of the molecule is N#Cc1ccc(C(=NO)N2CCN(c3ccc(OCCO)cc3Cl)[C@H](c3ccc(Cl)cc3)C2)cc1. The summed E-state index contributed by atoms with van der Waals surface area (Å²) >= 11 is 12.8. The van der Waals surface area contributed by atoms with Crippen LogP contribution in [0.2, 0.25) is 10.0 Å². The van der Waals surface area contributed by atoms with Crippen LogP contribution in [0.3, 0.4) is 0 Å². The summed E-state index contributed by atoms with van der Waals surface area (Å²) in [6.45, 7) is 1.84. The van der Waals surface area contributed by atoms with Crippen LogP contribution in [-0.4, -0.2) is 53.9 Å². The van der Waals surface area contributed by atoms with Crippen LogP contribution in [0.15, 0.2) is 71.9 Å². The fourth-order valence-corrected chi connectivity index (χ4v) is 4.61. The molecular weight excluding hydrogens is 487 g/mol. The van der Waals surface area contributed by atoms with Gasteiger partial charge < -0.3 is 24.9 Å². The fraction of sp³-hybridized carbons (Fsp3) is 0.231. The zero-order chi connectivity index (χ0) is 24.8. The number of amidine groups is 1. The van der Waals surface area contributed by atoms with Crippen molar-refractivity contribution in [2.45, 2.75) is 6.04 Å². The molecule has 0 unspecified atom stereocenters. The number of aliphatic hydroxyl groups is 1. The largest absolute Gasteiger partial charge is 0.491 e. The standard InChI is InChI=1S/C26H24Cl2N4O3/c27-21-7-5-19(6-8-21)25-17-31(26(30-34)20-3-1-18(16-29)2-4-20)11-12-32(25)24-10-9-22(15-23(24)28)35-14-13-33/h1-10,15,25,33-34H,11-14,17H2/t25-/m0/s1. The third-order valence-electron chi connectivity index (χ3n) is 5.89. The summed E-state index contributed by atoms with van der Waals surface area (Å²) in [6.07, 6.45) is 0.